The second kappa shape index (κ2) is 5.83. The van der Waals surface area contributed by atoms with E-state index in [-0.39, 0.29) is 11.6 Å². The maximum Gasteiger partial charge on any atom is 0.0693 e. The van der Waals surface area contributed by atoms with Gasteiger partial charge in [-0.25, -0.2) is 0 Å². The van der Waals surface area contributed by atoms with Crippen molar-refractivity contribution in [3.8, 4) is 0 Å². The number of nitrogens with one attached hydrogen (secondary N) is 2. The van der Waals surface area contributed by atoms with Crippen molar-refractivity contribution in [2.45, 2.75) is 64.1 Å². The van der Waals surface area contributed by atoms with Gasteiger partial charge in [0.05, 0.1) is 6.10 Å². The Bertz CT molecular complexity index is 177. The van der Waals surface area contributed by atoms with E-state index in [4.69, 9.17) is 0 Å². The molecule has 1 fully saturated rings. The average molecular weight is 214 g/mol. The first kappa shape index (κ1) is 12.9. The molecule has 0 aromatic carbocycles. The van der Waals surface area contributed by atoms with Crippen LogP contribution in [0.15, 0.2) is 0 Å². The highest BCUT2D eigenvalue weighted by Gasteiger charge is 2.21. The first-order chi connectivity index (χ1) is 6.99. The van der Waals surface area contributed by atoms with E-state index in [0.717, 1.165) is 25.9 Å². The fourth-order valence-corrected chi connectivity index (χ4v) is 2.04. The molecule has 90 valence electrons. The van der Waals surface area contributed by atoms with Crippen molar-refractivity contribution in [2.75, 3.05) is 13.1 Å². The Kier molecular flexibility index (Phi) is 5.03. The van der Waals surface area contributed by atoms with Crippen LogP contribution in [0, 0.1) is 0 Å². The summed E-state index contributed by atoms with van der Waals surface area (Å²) in [6.07, 6.45) is 4.38. The predicted octanol–water partition coefficient (Wildman–Crippen LogP) is 1.27. The Labute approximate surface area is 93.6 Å². The molecule has 3 heteroatoms. The number of hydrogen-bond donors (Lipinski definition) is 3. The van der Waals surface area contributed by atoms with Gasteiger partial charge in [-0.2, -0.15) is 0 Å². The van der Waals surface area contributed by atoms with Gasteiger partial charge in [0, 0.05) is 24.7 Å². The van der Waals surface area contributed by atoms with Gasteiger partial charge in [-0.1, -0.05) is 12.8 Å². The summed E-state index contributed by atoms with van der Waals surface area (Å²) in [5.41, 5.74) is 0.187. The maximum absolute atomic E-state index is 9.75. The van der Waals surface area contributed by atoms with Gasteiger partial charge in [0.1, 0.15) is 0 Å². The topological polar surface area (TPSA) is 44.3 Å². The summed E-state index contributed by atoms with van der Waals surface area (Å²) >= 11 is 0. The van der Waals surface area contributed by atoms with Gasteiger partial charge in [0.2, 0.25) is 0 Å². The monoisotopic (exact) mass is 214 g/mol. The predicted molar refractivity (Wildman–Crippen MR) is 64.0 cm³/mol. The van der Waals surface area contributed by atoms with Gasteiger partial charge in [-0.3, -0.25) is 0 Å². The van der Waals surface area contributed by atoms with Gasteiger partial charge >= 0.3 is 0 Å². The summed E-state index contributed by atoms with van der Waals surface area (Å²) < 4.78 is 0. The lowest BCUT2D eigenvalue weighted by Crippen LogP contribution is -2.46. The summed E-state index contributed by atoms with van der Waals surface area (Å²) in [7, 11) is 0. The number of aliphatic hydroxyl groups is 1. The van der Waals surface area contributed by atoms with Crippen LogP contribution < -0.4 is 10.6 Å². The quantitative estimate of drug-likeness (QED) is 0.618. The molecule has 0 spiro atoms. The zero-order valence-electron chi connectivity index (χ0n) is 10.3. The van der Waals surface area contributed by atoms with Crippen molar-refractivity contribution in [2.24, 2.45) is 0 Å². The normalized spacial score (nSPS) is 28.0. The third kappa shape index (κ3) is 5.50. The van der Waals surface area contributed by atoms with Crippen LogP contribution >= 0.6 is 0 Å². The van der Waals surface area contributed by atoms with Crippen molar-refractivity contribution >= 4 is 0 Å². The molecule has 0 heterocycles. The van der Waals surface area contributed by atoms with E-state index in [1.165, 1.54) is 12.8 Å². The Morgan fingerprint density at radius 2 is 1.80 bits per heavy atom. The van der Waals surface area contributed by atoms with Crippen LogP contribution in [0.5, 0.6) is 0 Å². The third-order valence-corrected chi connectivity index (χ3v) is 2.92. The molecule has 0 aromatic heterocycles. The lowest BCUT2D eigenvalue weighted by molar-refractivity contribution is 0.0911. The summed E-state index contributed by atoms with van der Waals surface area (Å²) in [5.74, 6) is 0. The SMILES string of the molecule is CC(C)(C)NCCNC1CCCCC1O. The summed E-state index contributed by atoms with van der Waals surface area (Å²) in [5, 5.41) is 16.6. The second-order valence-corrected chi connectivity index (χ2v) is 5.59. The highest BCUT2D eigenvalue weighted by atomic mass is 16.3. The highest BCUT2D eigenvalue weighted by Crippen LogP contribution is 2.17. The molecule has 0 amide bonds. The lowest BCUT2D eigenvalue weighted by Gasteiger charge is -2.29. The van der Waals surface area contributed by atoms with Gasteiger partial charge in [-0.05, 0) is 33.6 Å². The molecule has 0 radical (unpaired) electrons. The Morgan fingerprint density at radius 1 is 1.13 bits per heavy atom. The van der Waals surface area contributed by atoms with Crippen molar-refractivity contribution in [1.29, 1.82) is 0 Å². The molecular weight excluding hydrogens is 188 g/mol. The van der Waals surface area contributed by atoms with E-state index in [1.807, 2.05) is 0 Å². The summed E-state index contributed by atoms with van der Waals surface area (Å²) in [6, 6.07) is 0.320. The van der Waals surface area contributed by atoms with E-state index in [0.29, 0.717) is 6.04 Å². The van der Waals surface area contributed by atoms with E-state index in [1.54, 1.807) is 0 Å². The number of hydrogen-bond acceptors (Lipinski definition) is 3. The molecule has 1 saturated carbocycles. The van der Waals surface area contributed by atoms with E-state index in [9.17, 15) is 5.11 Å². The molecule has 15 heavy (non-hydrogen) atoms. The van der Waals surface area contributed by atoms with E-state index < -0.39 is 0 Å². The van der Waals surface area contributed by atoms with Gasteiger partial charge in [0.25, 0.3) is 0 Å². The smallest absolute Gasteiger partial charge is 0.0693 e. The standard InChI is InChI=1S/C12H26N2O/c1-12(2,3)14-9-8-13-10-6-4-5-7-11(10)15/h10-11,13-15H,4-9H2,1-3H3. The molecule has 3 N–H and O–H groups in total. The minimum absolute atomic E-state index is 0.131. The Hall–Kier alpha value is -0.120. The van der Waals surface area contributed by atoms with Crippen molar-refractivity contribution in [3.05, 3.63) is 0 Å². The van der Waals surface area contributed by atoms with Gasteiger partial charge < -0.3 is 15.7 Å². The lowest BCUT2D eigenvalue weighted by atomic mass is 9.92. The highest BCUT2D eigenvalue weighted by molar-refractivity contribution is 4.81. The van der Waals surface area contributed by atoms with Crippen LogP contribution in [-0.2, 0) is 0 Å². The minimum atomic E-state index is -0.131. The molecule has 0 aliphatic heterocycles. The summed E-state index contributed by atoms with van der Waals surface area (Å²) in [6.45, 7) is 8.42. The van der Waals surface area contributed by atoms with Crippen LogP contribution in [0.3, 0.4) is 0 Å². The van der Waals surface area contributed by atoms with Crippen molar-refractivity contribution < 1.29 is 5.11 Å². The second-order valence-electron chi connectivity index (χ2n) is 5.59. The van der Waals surface area contributed by atoms with Gasteiger partial charge in [-0.15, -0.1) is 0 Å². The van der Waals surface area contributed by atoms with Crippen LogP contribution in [0.2, 0.25) is 0 Å². The molecular formula is C12H26N2O. The first-order valence-electron chi connectivity index (χ1n) is 6.15. The number of aliphatic hydroxyl groups excluding tert-OH is 1. The van der Waals surface area contributed by atoms with E-state index in [2.05, 4.69) is 31.4 Å². The molecule has 2 unspecified atom stereocenters. The minimum Gasteiger partial charge on any atom is -0.392 e. The van der Waals surface area contributed by atoms with Crippen molar-refractivity contribution in [1.82, 2.24) is 10.6 Å². The molecule has 1 rings (SSSR count). The van der Waals surface area contributed by atoms with Gasteiger partial charge in [0.15, 0.2) is 0 Å². The number of rotatable bonds is 4. The maximum atomic E-state index is 9.75. The molecule has 3 nitrogen and oxygen atoms in total. The van der Waals surface area contributed by atoms with Crippen LogP contribution in [0.4, 0.5) is 0 Å². The Balaban J connectivity index is 2.08. The molecule has 2 atom stereocenters. The average Bonchev–Trinajstić information content (AvgIpc) is 2.13. The Morgan fingerprint density at radius 3 is 2.40 bits per heavy atom. The molecule has 1 aliphatic rings. The summed E-state index contributed by atoms with van der Waals surface area (Å²) in [4.78, 5) is 0. The fraction of sp³-hybridized carbons (Fsp3) is 1.00. The molecule has 0 bridgehead atoms. The fourth-order valence-electron chi connectivity index (χ4n) is 2.04. The van der Waals surface area contributed by atoms with Crippen molar-refractivity contribution in [3.63, 3.8) is 0 Å². The largest absolute Gasteiger partial charge is 0.392 e. The van der Waals surface area contributed by atoms with Crippen LogP contribution in [0.25, 0.3) is 0 Å². The molecule has 1 aliphatic carbocycles. The first-order valence-corrected chi connectivity index (χ1v) is 6.15. The zero-order valence-corrected chi connectivity index (χ0v) is 10.3. The zero-order chi connectivity index (χ0) is 11.3. The van der Waals surface area contributed by atoms with Crippen LogP contribution in [-0.4, -0.2) is 35.9 Å². The van der Waals surface area contributed by atoms with Crippen LogP contribution in [0.1, 0.15) is 46.5 Å². The molecule has 0 aromatic rings. The van der Waals surface area contributed by atoms with E-state index >= 15 is 0 Å². The third-order valence-electron chi connectivity index (χ3n) is 2.92. The molecule has 0 saturated heterocycles.